The largest absolute Gasteiger partial charge is 0.708 e. The quantitative estimate of drug-likeness (QED) is 0.518. The average Bonchev–Trinajstić information content (AvgIpc) is 2.09. The minimum absolute atomic E-state index is 0.453. The van der Waals surface area contributed by atoms with Crippen molar-refractivity contribution in [2.75, 3.05) is 0 Å². The molecule has 0 aliphatic heterocycles. The monoisotopic (exact) mass is 168 g/mol. The summed E-state index contributed by atoms with van der Waals surface area (Å²) in [5, 5.41) is 20.2. The minimum atomic E-state index is -0.453. The molecule has 1 N–H and O–H groups in total. The van der Waals surface area contributed by atoms with Crippen LogP contribution in [-0.4, -0.2) is 10.1 Å². The van der Waals surface area contributed by atoms with Crippen molar-refractivity contribution in [1.82, 2.24) is 4.98 Å². The second-order valence-corrected chi connectivity index (χ2v) is 2.54. The number of hydrogen-bond donors (Lipinski definition) is 1. The molecule has 4 heteroatoms. The van der Waals surface area contributed by atoms with Crippen molar-refractivity contribution in [3.63, 3.8) is 0 Å². The van der Waals surface area contributed by atoms with E-state index in [-0.39, 0.29) is 0 Å². The minimum Gasteiger partial charge on any atom is -0.708 e. The van der Waals surface area contributed by atoms with Crippen LogP contribution < -0.4 is 4.73 Å². The van der Waals surface area contributed by atoms with Gasteiger partial charge >= 0.3 is 6.01 Å². The molecule has 0 aliphatic rings. The van der Waals surface area contributed by atoms with Gasteiger partial charge in [0.25, 0.3) is 0 Å². The molecule has 0 radical (unpaired) electrons. The summed E-state index contributed by atoms with van der Waals surface area (Å²) in [6.45, 7) is 3.79. The third kappa shape index (κ3) is 1.47. The Balaban J connectivity index is 3.19. The van der Waals surface area contributed by atoms with Crippen molar-refractivity contribution >= 4 is 0 Å². The SMILES string of the molecule is CCc1cc(CC)[n+]([O-])c(O)n1. The first-order chi connectivity index (χ1) is 5.69. The van der Waals surface area contributed by atoms with Crippen molar-refractivity contribution in [2.45, 2.75) is 26.7 Å². The van der Waals surface area contributed by atoms with Gasteiger partial charge in [-0.2, -0.15) is 4.73 Å². The maximum absolute atomic E-state index is 11.1. The van der Waals surface area contributed by atoms with Crippen molar-refractivity contribution < 1.29 is 9.84 Å². The molecular weight excluding hydrogens is 156 g/mol. The van der Waals surface area contributed by atoms with E-state index >= 15 is 0 Å². The zero-order chi connectivity index (χ0) is 9.14. The molecule has 0 atom stereocenters. The standard InChI is InChI=1S/C8H12N2O2/c1-3-6-5-7(4-2)10(12)8(11)9-6/h5H,3-4H2,1-2H3,(H,9,11). The Morgan fingerprint density at radius 2 is 2.17 bits per heavy atom. The molecule has 12 heavy (non-hydrogen) atoms. The Labute approximate surface area is 71.1 Å². The van der Waals surface area contributed by atoms with E-state index in [1.165, 1.54) is 0 Å². The Morgan fingerprint density at radius 3 is 2.67 bits per heavy atom. The van der Waals surface area contributed by atoms with Gasteiger partial charge in [-0.1, -0.05) is 13.8 Å². The summed E-state index contributed by atoms with van der Waals surface area (Å²) >= 11 is 0. The van der Waals surface area contributed by atoms with E-state index in [0.717, 1.165) is 12.1 Å². The summed E-state index contributed by atoms with van der Waals surface area (Å²) in [7, 11) is 0. The number of rotatable bonds is 2. The molecule has 0 fully saturated rings. The van der Waals surface area contributed by atoms with Gasteiger partial charge in [-0.25, -0.2) is 0 Å². The first-order valence-corrected chi connectivity index (χ1v) is 4.00. The highest BCUT2D eigenvalue weighted by Crippen LogP contribution is 2.04. The van der Waals surface area contributed by atoms with Crippen LogP contribution >= 0.6 is 0 Å². The van der Waals surface area contributed by atoms with Gasteiger partial charge < -0.3 is 10.3 Å². The van der Waals surface area contributed by atoms with Gasteiger partial charge in [-0.3, -0.25) is 0 Å². The van der Waals surface area contributed by atoms with E-state index in [1.54, 1.807) is 6.07 Å². The number of hydrogen-bond acceptors (Lipinski definition) is 3. The Kier molecular flexibility index (Phi) is 2.47. The molecule has 1 aromatic rings. The lowest BCUT2D eigenvalue weighted by atomic mass is 10.2. The zero-order valence-corrected chi connectivity index (χ0v) is 7.24. The third-order valence-corrected chi connectivity index (χ3v) is 1.74. The van der Waals surface area contributed by atoms with Crippen molar-refractivity contribution in [3.8, 4) is 6.01 Å². The highest BCUT2D eigenvalue weighted by molar-refractivity contribution is 5.07. The number of aromatic hydroxyl groups is 1. The van der Waals surface area contributed by atoms with E-state index in [1.807, 2.05) is 13.8 Å². The lowest BCUT2D eigenvalue weighted by molar-refractivity contribution is -0.625. The summed E-state index contributed by atoms with van der Waals surface area (Å²) in [6.07, 6.45) is 1.33. The molecular formula is C8H12N2O2. The van der Waals surface area contributed by atoms with Crippen LogP contribution in [0.3, 0.4) is 0 Å². The van der Waals surface area contributed by atoms with Crippen LogP contribution in [0.25, 0.3) is 0 Å². The van der Waals surface area contributed by atoms with Crippen LogP contribution in [0.4, 0.5) is 0 Å². The Hall–Kier alpha value is -1.32. The van der Waals surface area contributed by atoms with E-state index in [2.05, 4.69) is 4.98 Å². The average molecular weight is 168 g/mol. The Morgan fingerprint density at radius 1 is 1.50 bits per heavy atom. The van der Waals surface area contributed by atoms with Gasteiger partial charge in [0, 0.05) is 18.9 Å². The fraction of sp³-hybridized carbons (Fsp3) is 0.500. The summed E-state index contributed by atoms with van der Waals surface area (Å²) < 4.78 is 0.457. The van der Waals surface area contributed by atoms with Gasteiger partial charge in [-0.05, 0) is 4.98 Å². The number of aryl methyl sites for hydroxylation is 2. The van der Waals surface area contributed by atoms with Crippen molar-refractivity contribution in [2.24, 2.45) is 0 Å². The summed E-state index contributed by atoms with van der Waals surface area (Å²) in [6, 6.07) is 1.26. The lowest BCUT2D eigenvalue weighted by Crippen LogP contribution is -2.33. The summed E-state index contributed by atoms with van der Waals surface area (Å²) in [5.41, 5.74) is 1.30. The second-order valence-electron chi connectivity index (χ2n) is 2.54. The van der Waals surface area contributed by atoms with Crippen LogP contribution in [0.5, 0.6) is 6.01 Å². The summed E-state index contributed by atoms with van der Waals surface area (Å²) in [5.74, 6) is 0. The van der Waals surface area contributed by atoms with Crippen LogP contribution in [0.15, 0.2) is 6.07 Å². The molecule has 66 valence electrons. The van der Waals surface area contributed by atoms with Crippen LogP contribution in [-0.2, 0) is 12.8 Å². The predicted molar refractivity (Wildman–Crippen MR) is 43.6 cm³/mol. The molecule has 4 nitrogen and oxygen atoms in total. The molecule has 0 unspecified atom stereocenters. The maximum Gasteiger partial charge on any atom is 0.499 e. The number of aromatic nitrogens is 2. The van der Waals surface area contributed by atoms with Gasteiger partial charge in [0.05, 0.1) is 0 Å². The van der Waals surface area contributed by atoms with Crippen molar-refractivity contribution in [1.29, 1.82) is 0 Å². The highest BCUT2D eigenvalue weighted by Gasteiger charge is 2.11. The first kappa shape index (κ1) is 8.77. The molecule has 0 aliphatic carbocycles. The normalized spacial score (nSPS) is 10.2. The number of nitrogens with zero attached hydrogens (tertiary/aromatic N) is 2. The highest BCUT2D eigenvalue weighted by atomic mass is 16.5. The zero-order valence-electron chi connectivity index (χ0n) is 7.24. The molecule has 0 amide bonds. The van der Waals surface area contributed by atoms with E-state index in [9.17, 15) is 5.21 Å². The van der Waals surface area contributed by atoms with E-state index in [0.29, 0.717) is 16.8 Å². The molecule has 0 saturated carbocycles. The molecule has 1 heterocycles. The predicted octanol–water partition coefficient (Wildman–Crippen LogP) is 0.545. The summed E-state index contributed by atoms with van der Waals surface area (Å²) in [4.78, 5) is 3.71. The second kappa shape index (κ2) is 3.38. The molecule has 0 spiro atoms. The molecule has 0 bridgehead atoms. The van der Waals surface area contributed by atoms with Gasteiger partial charge in [0.1, 0.15) is 5.69 Å². The topological polar surface area (TPSA) is 60.1 Å². The van der Waals surface area contributed by atoms with Crippen LogP contribution in [0, 0.1) is 5.21 Å². The first-order valence-electron chi connectivity index (χ1n) is 4.00. The molecule has 1 rings (SSSR count). The molecule has 1 aromatic heterocycles. The van der Waals surface area contributed by atoms with Crippen molar-refractivity contribution in [3.05, 3.63) is 22.7 Å². The lowest BCUT2D eigenvalue weighted by Gasteiger charge is -2.06. The third-order valence-electron chi connectivity index (χ3n) is 1.74. The van der Waals surface area contributed by atoms with E-state index in [4.69, 9.17) is 5.11 Å². The van der Waals surface area contributed by atoms with E-state index < -0.39 is 6.01 Å². The smallest absolute Gasteiger partial charge is 0.499 e. The molecule has 0 aromatic carbocycles. The van der Waals surface area contributed by atoms with Gasteiger partial charge in [0.2, 0.25) is 0 Å². The van der Waals surface area contributed by atoms with Gasteiger partial charge in [-0.15, -0.1) is 0 Å². The van der Waals surface area contributed by atoms with Gasteiger partial charge in [0.15, 0.2) is 5.69 Å². The Bertz CT molecular complexity index is 287. The fourth-order valence-corrected chi connectivity index (χ4v) is 1.01. The molecule has 0 saturated heterocycles. The van der Waals surface area contributed by atoms with Crippen LogP contribution in [0.2, 0.25) is 0 Å². The van der Waals surface area contributed by atoms with Crippen LogP contribution in [0.1, 0.15) is 25.2 Å². The maximum atomic E-state index is 11.1. The fourth-order valence-electron chi connectivity index (χ4n) is 1.01.